The van der Waals surface area contributed by atoms with E-state index < -0.39 is 18.9 Å². The van der Waals surface area contributed by atoms with Crippen LogP contribution < -0.4 is 5.73 Å². The topological polar surface area (TPSA) is 164 Å². The van der Waals surface area contributed by atoms with Gasteiger partial charge in [0.15, 0.2) is 17.7 Å². The van der Waals surface area contributed by atoms with Crippen LogP contribution in [0.4, 0.5) is 5.82 Å². The van der Waals surface area contributed by atoms with Gasteiger partial charge in [-0.25, -0.2) is 15.0 Å². The second kappa shape index (κ2) is 6.58. The fourth-order valence-corrected chi connectivity index (χ4v) is 1.66. The Hall–Kier alpha value is -2.79. The van der Waals surface area contributed by atoms with Gasteiger partial charge in [0.1, 0.15) is 17.9 Å². The molecule has 21 heavy (non-hydrogen) atoms. The maximum atomic E-state index is 9.12. The maximum Gasteiger partial charge on any atom is 0.177 e. The maximum absolute atomic E-state index is 9.12. The molecular formula is C10H13N7O4. The molecule has 2 heterocycles. The number of hydrogen-bond donors (Lipinski definition) is 4. The Morgan fingerprint density at radius 2 is 2.05 bits per heavy atom. The smallest absolute Gasteiger partial charge is 0.177 e. The van der Waals surface area contributed by atoms with Crippen molar-refractivity contribution in [1.29, 1.82) is 0 Å². The molecule has 0 aliphatic carbocycles. The van der Waals surface area contributed by atoms with E-state index in [2.05, 4.69) is 25.3 Å². The summed E-state index contributed by atoms with van der Waals surface area (Å²) in [4.78, 5) is 11.9. The zero-order valence-electron chi connectivity index (χ0n) is 10.7. The van der Waals surface area contributed by atoms with Gasteiger partial charge in [-0.1, -0.05) is 10.3 Å². The molecule has 0 fully saturated rings. The molecule has 0 aliphatic rings. The Morgan fingerprint density at radius 1 is 1.29 bits per heavy atom. The van der Waals surface area contributed by atoms with E-state index in [0.29, 0.717) is 11.2 Å². The highest BCUT2D eigenvalue weighted by Gasteiger charge is 2.19. The molecule has 2 atom stereocenters. The van der Waals surface area contributed by atoms with E-state index in [1.807, 2.05) is 0 Å². The molecule has 0 bridgehead atoms. The standard InChI is InChI=1S/C10H13N7O4/c11-9-8-10(13-4-12-9)17(5-14-8)7(2-16-20)21-6(3-18)1-15-19/h1-2,4-7,18-20H,3H2,(H2,11,12,13)/b15-1-,16-2-/t6-,7+/m0/s1. The number of ether oxygens (including phenoxy) is 1. The van der Waals surface area contributed by atoms with Gasteiger partial charge in [-0.15, -0.1) is 0 Å². The predicted octanol–water partition coefficient (Wildman–Crippen LogP) is -0.795. The molecule has 0 aliphatic heterocycles. The van der Waals surface area contributed by atoms with Gasteiger partial charge >= 0.3 is 0 Å². The second-order valence-corrected chi connectivity index (χ2v) is 3.86. The molecule has 0 radical (unpaired) electrons. The quantitative estimate of drug-likeness (QED) is 0.305. The van der Waals surface area contributed by atoms with Crippen molar-refractivity contribution in [2.24, 2.45) is 10.3 Å². The largest absolute Gasteiger partial charge is 0.411 e. The van der Waals surface area contributed by atoms with Crippen LogP contribution in [0, 0.1) is 0 Å². The summed E-state index contributed by atoms with van der Waals surface area (Å²) in [5.74, 6) is 0.189. The van der Waals surface area contributed by atoms with Crippen LogP contribution in [0.2, 0.25) is 0 Å². The van der Waals surface area contributed by atoms with E-state index in [-0.39, 0.29) is 5.82 Å². The van der Waals surface area contributed by atoms with Crippen molar-refractivity contribution < 1.29 is 20.3 Å². The van der Waals surface area contributed by atoms with Crippen molar-refractivity contribution in [2.75, 3.05) is 12.3 Å². The number of rotatable bonds is 6. The second-order valence-electron chi connectivity index (χ2n) is 3.86. The summed E-state index contributed by atoms with van der Waals surface area (Å²) < 4.78 is 6.84. The summed E-state index contributed by atoms with van der Waals surface area (Å²) in [6, 6.07) is 0. The number of nitrogens with zero attached hydrogens (tertiary/aromatic N) is 6. The van der Waals surface area contributed by atoms with E-state index in [9.17, 15) is 0 Å². The highest BCUT2D eigenvalue weighted by atomic mass is 16.5. The molecular weight excluding hydrogens is 282 g/mol. The van der Waals surface area contributed by atoms with Crippen molar-refractivity contribution >= 4 is 29.4 Å². The number of fused-ring (bicyclic) bond motifs is 1. The lowest BCUT2D eigenvalue weighted by Crippen LogP contribution is -2.26. The number of hydrogen-bond acceptors (Lipinski definition) is 10. The van der Waals surface area contributed by atoms with Crippen LogP contribution in [-0.2, 0) is 4.74 Å². The van der Waals surface area contributed by atoms with Crippen LogP contribution in [-0.4, -0.2) is 60.2 Å². The molecule has 0 saturated heterocycles. The van der Waals surface area contributed by atoms with E-state index in [4.69, 9.17) is 26.0 Å². The van der Waals surface area contributed by atoms with Gasteiger partial charge in [0.2, 0.25) is 0 Å². The molecule has 2 rings (SSSR count). The highest BCUT2D eigenvalue weighted by Crippen LogP contribution is 2.19. The van der Waals surface area contributed by atoms with Crippen LogP contribution >= 0.6 is 0 Å². The van der Waals surface area contributed by atoms with Crippen molar-refractivity contribution in [3.05, 3.63) is 12.7 Å². The van der Waals surface area contributed by atoms with Gasteiger partial charge in [0.05, 0.1) is 25.4 Å². The first kappa shape index (κ1) is 14.6. The number of anilines is 1. The minimum Gasteiger partial charge on any atom is -0.411 e. The first-order valence-corrected chi connectivity index (χ1v) is 5.75. The summed E-state index contributed by atoms with van der Waals surface area (Å²) in [5.41, 5.74) is 6.38. The Morgan fingerprint density at radius 3 is 2.71 bits per heavy atom. The molecule has 0 aromatic carbocycles. The molecule has 11 nitrogen and oxygen atoms in total. The van der Waals surface area contributed by atoms with Gasteiger partial charge in [-0.3, -0.25) is 4.57 Å². The summed E-state index contributed by atoms with van der Waals surface area (Å²) >= 11 is 0. The molecule has 0 unspecified atom stereocenters. The van der Waals surface area contributed by atoms with E-state index in [0.717, 1.165) is 12.4 Å². The van der Waals surface area contributed by atoms with Crippen molar-refractivity contribution in [3.8, 4) is 0 Å². The predicted molar refractivity (Wildman–Crippen MR) is 71.3 cm³/mol. The summed E-state index contributed by atoms with van der Waals surface area (Å²) in [5, 5.41) is 32.0. The van der Waals surface area contributed by atoms with Crippen molar-refractivity contribution in [1.82, 2.24) is 19.5 Å². The third-order valence-corrected chi connectivity index (χ3v) is 2.58. The lowest BCUT2D eigenvalue weighted by atomic mass is 10.4. The van der Waals surface area contributed by atoms with E-state index in [1.165, 1.54) is 17.2 Å². The molecule has 112 valence electrons. The van der Waals surface area contributed by atoms with Crippen LogP contribution in [0.15, 0.2) is 23.0 Å². The van der Waals surface area contributed by atoms with Crippen LogP contribution in [0.3, 0.4) is 0 Å². The minimum absolute atomic E-state index is 0.189. The molecule has 2 aromatic heterocycles. The average molecular weight is 295 g/mol. The molecule has 11 heteroatoms. The molecule has 0 saturated carbocycles. The fraction of sp³-hybridized carbons (Fsp3) is 0.300. The normalized spacial score (nSPS) is 15.1. The monoisotopic (exact) mass is 295 g/mol. The Balaban J connectivity index is 2.38. The van der Waals surface area contributed by atoms with Gasteiger partial charge < -0.3 is 26.0 Å². The number of nitrogens with two attached hydrogens (primary N) is 1. The van der Waals surface area contributed by atoms with Gasteiger partial charge in [0, 0.05) is 0 Å². The third-order valence-electron chi connectivity index (χ3n) is 2.58. The minimum atomic E-state index is -0.954. The Kier molecular flexibility index (Phi) is 4.58. The first-order valence-electron chi connectivity index (χ1n) is 5.75. The zero-order chi connectivity index (χ0) is 15.2. The molecule has 0 spiro atoms. The third kappa shape index (κ3) is 3.04. The van der Waals surface area contributed by atoms with Gasteiger partial charge in [-0.05, 0) is 0 Å². The number of imidazole rings is 1. The van der Waals surface area contributed by atoms with E-state index in [1.54, 1.807) is 0 Å². The summed E-state index contributed by atoms with van der Waals surface area (Å²) in [7, 11) is 0. The number of aliphatic hydroxyl groups is 1. The van der Waals surface area contributed by atoms with Crippen molar-refractivity contribution in [2.45, 2.75) is 12.3 Å². The molecule has 5 N–H and O–H groups in total. The van der Waals surface area contributed by atoms with Gasteiger partial charge in [-0.2, -0.15) is 0 Å². The summed E-state index contributed by atoms with van der Waals surface area (Å²) in [6.07, 6.45) is 2.78. The van der Waals surface area contributed by atoms with Crippen LogP contribution in [0.25, 0.3) is 11.2 Å². The highest BCUT2D eigenvalue weighted by molar-refractivity contribution is 5.82. The van der Waals surface area contributed by atoms with Crippen LogP contribution in [0.5, 0.6) is 0 Å². The van der Waals surface area contributed by atoms with Gasteiger partial charge in [0.25, 0.3) is 0 Å². The SMILES string of the molecule is Nc1ncnc2c1ncn2[C@@H](/C=N\O)O[C@@H](/C=N\O)CO. The fourth-order valence-electron chi connectivity index (χ4n) is 1.66. The Bertz CT molecular complexity index is 656. The number of aromatic nitrogens is 4. The molecule has 2 aromatic rings. The number of nitrogen functional groups attached to an aromatic ring is 1. The summed E-state index contributed by atoms with van der Waals surface area (Å²) in [6.45, 7) is -0.441. The average Bonchev–Trinajstić information content (AvgIpc) is 2.91. The number of aliphatic hydroxyl groups excluding tert-OH is 1. The van der Waals surface area contributed by atoms with Crippen molar-refractivity contribution in [3.63, 3.8) is 0 Å². The lowest BCUT2D eigenvalue weighted by Gasteiger charge is -2.18. The van der Waals surface area contributed by atoms with E-state index >= 15 is 0 Å². The molecule has 0 amide bonds. The Labute approximate surface area is 118 Å². The number of oxime groups is 2. The zero-order valence-corrected chi connectivity index (χ0v) is 10.7. The first-order chi connectivity index (χ1) is 10.2. The van der Waals surface area contributed by atoms with Crippen LogP contribution in [0.1, 0.15) is 6.23 Å². The lowest BCUT2D eigenvalue weighted by molar-refractivity contribution is -0.000683.